The molecule has 1 amide bonds. The third kappa shape index (κ3) is 7.99. The standard InChI is InChI=1S/C16H30N2O3.ClH/c1-21-14(19)10-6-3-2-4-9-13-18-15(20)16(17)11-7-5-8-12-16;/h2-13,17H2,1H3,(H,18,20);1H. The third-order valence-corrected chi connectivity index (χ3v) is 4.27. The van der Waals surface area contributed by atoms with E-state index in [-0.39, 0.29) is 24.3 Å². The minimum absolute atomic E-state index is 0. The molecule has 22 heavy (non-hydrogen) atoms. The van der Waals surface area contributed by atoms with E-state index in [0.29, 0.717) is 13.0 Å². The van der Waals surface area contributed by atoms with Crippen molar-refractivity contribution in [2.45, 2.75) is 76.2 Å². The Bertz CT molecular complexity index is 331. The largest absolute Gasteiger partial charge is 0.469 e. The van der Waals surface area contributed by atoms with Crippen molar-refractivity contribution in [1.29, 1.82) is 0 Å². The van der Waals surface area contributed by atoms with Crippen LogP contribution in [0.1, 0.15) is 70.6 Å². The molecule has 1 fully saturated rings. The molecular weight excluding hydrogens is 304 g/mol. The van der Waals surface area contributed by atoms with Crippen molar-refractivity contribution < 1.29 is 14.3 Å². The van der Waals surface area contributed by atoms with Crippen LogP contribution < -0.4 is 11.1 Å². The number of carbonyl (C=O) groups is 2. The minimum atomic E-state index is -0.626. The molecule has 0 aromatic rings. The Balaban J connectivity index is 0.00000441. The first-order valence-corrected chi connectivity index (χ1v) is 8.22. The highest BCUT2D eigenvalue weighted by atomic mass is 35.5. The zero-order valence-electron chi connectivity index (χ0n) is 13.7. The monoisotopic (exact) mass is 334 g/mol. The zero-order valence-corrected chi connectivity index (χ0v) is 14.5. The average Bonchev–Trinajstić information content (AvgIpc) is 2.50. The van der Waals surface area contributed by atoms with Gasteiger partial charge in [-0.2, -0.15) is 0 Å². The lowest BCUT2D eigenvalue weighted by Gasteiger charge is -2.31. The van der Waals surface area contributed by atoms with Crippen LogP contribution in [-0.2, 0) is 14.3 Å². The second kappa shape index (κ2) is 11.7. The smallest absolute Gasteiger partial charge is 0.305 e. The molecule has 5 nitrogen and oxygen atoms in total. The van der Waals surface area contributed by atoms with Gasteiger partial charge in [0.1, 0.15) is 0 Å². The number of nitrogens with two attached hydrogens (primary N) is 1. The summed E-state index contributed by atoms with van der Waals surface area (Å²) in [6.45, 7) is 0.703. The number of hydrogen-bond donors (Lipinski definition) is 2. The van der Waals surface area contributed by atoms with Crippen molar-refractivity contribution >= 4 is 24.3 Å². The van der Waals surface area contributed by atoms with Gasteiger partial charge >= 0.3 is 5.97 Å². The fourth-order valence-electron chi connectivity index (χ4n) is 2.81. The summed E-state index contributed by atoms with van der Waals surface area (Å²) in [4.78, 5) is 23.0. The quantitative estimate of drug-likeness (QED) is 0.501. The first-order valence-electron chi connectivity index (χ1n) is 8.22. The summed E-state index contributed by atoms with van der Waals surface area (Å²) in [7, 11) is 1.42. The van der Waals surface area contributed by atoms with Crippen LogP contribution in [0.3, 0.4) is 0 Å². The predicted molar refractivity (Wildman–Crippen MR) is 90.0 cm³/mol. The summed E-state index contributed by atoms with van der Waals surface area (Å²) in [5.41, 5.74) is 5.54. The molecule has 130 valence electrons. The fraction of sp³-hybridized carbons (Fsp3) is 0.875. The number of ether oxygens (including phenoxy) is 1. The van der Waals surface area contributed by atoms with Crippen LogP contribution in [0.25, 0.3) is 0 Å². The van der Waals surface area contributed by atoms with E-state index < -0.39 is 5.54 Å². The summed E-state index contributed by atoms with van der Waals surface area (Å²) in [5, 5.41) is 2.97. The highest BCUT2D eigenvalue weighted by Gasteiger charge is 2.34. The van der Waals surface area contributed by atoms with E-state index in [2.05, 4.69) is 10.1 Å². The Hall–Kier alpha value is -0.810. The number of unbranched alkanes of at least 4 members (excludes halogenated alkanes) is 4. The highest BCUT2D eigenvalue weighted by molar-refractivity contribution is 5.86. The van der Waals surface area contributed by atoms with Crippen LogP contribution in [0.4, 0.5) is 0 Å². The molecule has 0 radical (unpaired) electrons. The lowest BCUT2D eigenvalue weighted by molar-refractivity contribution is -0.140. The number of nitrogens with one attached hydrogen (secondary N) is 1. The maximum absolute atomic E-state index is 12.1. The molecule has 0 unspecified atom stereocenters. The topological polar surface area (TPSA) is 81.4 Å². The van der Waals surface area contributed by atoms with E-state index in [4.69, 9.17) is 5.73 Å². The minimum Gasteiger partial charge on any atom is -0.469 e. The summed E-state index contributed by atoms with van der Waals surface area (Å²) in [6, 6.07) is 0. The molecule has 6 heteroatoms. The number of esters is 1. The molecule has 0 atom stereocenters. The van der Waals surface area contributed by atoms with Crippen LogP contribution in [0, 0.1) is 0 Å². The summed E-state index contributed by atoms with van der Waals surface area (Å²) >= 11 is 0. The van der Waals surface area contributed by atoms with Gasteiger partial charge in [-0.05, 0) is 25.7 Å². The van der Waals surface area contributed by atoms with Crippen molar-refractivity contribution in [3.63, 3.8) is 0 Å². The molecule has 0 aliphatic heterocycles. The predicted octanol–water partition coefficient (Wildman–Crippen LogP) is 2.70. The molecule has 0 spiro atoms. The lowest BCUT2D eigenvalue weighted by Crippen LogP contribution is -2.55. The van der Waals surface area contributed by atoms with E-state index in [0.717, 1.165) is 57.8 Å². The number of rotatable bonds is 9. The molecular formula is C16H31ClN2O3. The first-order chi connectivity index (χ1) is 10.1. The molecule has 0 saturated heterocycles. The highest BCUT2D eigenvalue weighted by Crippen LogP contribution is 2.25. The van der Waals surface area contributed by atoms with E-state index in [9.17, 15) is 9.59 Å². The van der Waals surface area contributed by atoms with Crippen LogP contribution in [0.15, 0.2) is 0 Å². The number of halogens is 1. The van der Waals surface area contributed by atoms with Gasteiger partial charge in [0.15, 0.2) is 0 Å². The van der Waals surface area contributed by atoms with Crippen LogP contribution >= 0.6 is 12.4 Å². The van der Waals surface area contributed by atoms with Gasteiger partial charge in [0, 0.05) is 13.0 Å². The zero-order chi connectivity index (χ0) is 15.6. The van der Waals surface area contributed by atoms with Gasteiger partial charge in [-0.3, -0.25) is 9.59 Å². The summed E-state index contributed by atoms with van der Waals surface area (Å²) in [6.07, 6.45) is 10.5. The summed E-state index contributed by atoms with van der Waals surface area (Å²) in [5.74, 6) is -0.115. The molecule has 1 aliphatic rings. The van der Waals surface area contributed by atoms with Gasteiger partial charge in [0.2, 0.25) is 5.91 Å². The van der Waals surface area contributed by atoms with Crippen molar-refractivity contribution in [3.05, 3.63) is 0 Å². The Morgan fingerprint density at radius 3 is 2.27 bits per heavy atom. The third-order valence-electron chi connectivity index (χ3n) is 4.27. The second-order valence-electron chi connectivity index (χ2n) is 6.07. The van der Waals surface area contributed by atoms with Crippen LogP contribution in [-0.4, -0.2) is 31.1 Å². The maximum atomic E-state index is 12.1. The van der Waals surface area contributed by atoms with E-state index >= 15 is 0 Å². The van der Waals surface area contributed by atoms with Gasteiger partial charge in [-0.1, -0.05) is 38.5 Å². The summed E-state index contributed by atoms with van der Waals surface area (Å²) < 4.78 is 4.59. The molecule has 0 aromatic carbocycles. The Labute approximate surface area is 140 Å². The normalized spacial score (nSPS) is 16.5. The van der Waals surface area contributed by atoms with E-state index in [1.807, 2.05) is 0 Å². The Morgan fingerprint density at radius 1 is 1.05 bits per heavy atom. The Morgan fingerprint density at radius 2 is 1.64 bits per heavy atom. The van der Waals surface area contributed by atoms with E-state index in [1.54, 1.807) is 0 Å². The number of amides is 1. The number of methoxy groups -OCH3 is 1. The first kappa shape index (κ1) is 21.2. The van der Waals surface area contributed by atoms with Crippen LogP contribution in [0.2, 0.25) is 0 Å². The van der Waals surface area contributed by atoms with Gasteiger partial charge in [-0.25, -0.2) is 0 Å². The molecule has 0 aromatic heterocycles. The van der Waals surface area contributed by atoms with Crippen molar-refractivity contribution in [2.75, 3.05) is 13.7 Å². The van der Waals surface area contributed by atoms with Gasteiger partial charge in [0.25, 0.3) is 0 Å². The van der Waals surface area contributed by atoms with Gasteiger partial charge < -0.3 is 15.8 Å². The van der Waals surface area contributed by atoms with Crippen LogP contribution in [0.5, 0.6) is 0 Å². The SMILES string of the molecule is COC(=O)CCCCCCCNC(=O)C1(N)CCCCC1.Cl. The maximum Gasteiger partial charge on any atom is 0.305 e. The number of carbonyl (C=O) groups excluding carboxylic acids is 2. The molecule has 1 aliphatic carbocycles. The Kier molecular flexibility index (Phi) is 11.3. The fourth-order valence-corrected chi connectivity index (χ4v) is 2.81. The van der Waals surface area contributed by atoms with E-state index in [1.165, 1.54) is 13.5 Å². The van der Waals surface area contributed by atoms with Crippen molar-refractivity contribution in [3.8, 4) is 0 Å². The van der Waals surface area contributed by atoms with Crippen molar-refractivity contribution in [1.82, 2.24) is 5.32 Å². The van der Waals surface area contributed by atoms with Gasteiger partial charge in [-0.15, -0.1) is 12.4 Å². The molecule has 1 saturated carbocycles. The van der Waals surface area contributed by atoms with Gasteiger partial charge in [0.05, 0.1) is 12.6 Å². The second-order valence-corrected chi connectivity index (χ2v) is 6.07. The molecule has 0 bridgehead atoms. The molecule has 1 rings (SSSR count). The van der Waals surface area contributed by atoms with Crippen molar-refractivity contribution in [2.24, 2.45) is 5.73 Å². The molecule has 3 N–H and O–H groups in total. The molecule has 0 heterocycles. The average molecular weight is 335 g/mol. The number of hydrogen-bond acceptors (Lipinski definition) is 4. The lowest BCUT2D eigenvalue weighted by atomic mass is 9.82.